The van der Waals surface area contributed by atoms with Gasteiger partial charge in [-0.2, -0.15) is 4.98 Å². The average molecular weight is 240 g/mol. The molecule has 0 N–H and O–H groups in total. The van der Waals surface area contributed by atoms with E-state index in [-0.39, 0.29) is 0 Å². The van der Waals surface area contributed by atoms with Crippen LogP contribution in [0.3, 0.4) is 0 Å². The van der Waals surface area contributed by atoms with Crippen LogP contribution in [0.15, 0.2) is 18.2 Å². The van der Waals surface area contributed by atoms with Gasteiger partial charge in [0.05, 0.1) is 20.3 Å². The van der Waals surface area contributed by atoms with E-state index < -0.39 is 0 Å². The van der Waals surface area contributed by atoms with Crippen molar-refractivity contribution in [2.45, 2.75) is 0 Å². The minimum atomic E-state index is 0.613. The number of anilines is 1. The Morgan fingerprint density at radius 1 is 1.06 bits per heavy atom. The maximum atomic E-state index is 5.11. The second-order valence-electron chi connectivity index (χ2n) is 3.51. The first-order valence-electron chi connectivity index (χ1n) is 5.55. The van der Waals surface area contributed by atoms with Crippen LogP contribution in [-0.2, 0) is 9.47 Å². The molecule has 0 aromatic carbocycles. The predicted molar refractivity (Wildman–Crippen MR) is 66.8 cm³/mol. The standard InChI is InChI=1S/C12H20N2O3/c1-15-9-7-14(8-10-16-2)11-5-4-6-12(13-11)17-3/h4-6H,7-10H2,1-3H3. The van der Waals surface area contributed by atoms with E-state index >= 15 is 0 Å². The second-order valence-corrected chi connectivity index (χ2v) is 3.51. The van der Waals surface area contributed by atoms with Gasteiger partial charge >= 0.3 is 0 Å². The summed E-state index contributed by atoms with van der Waals surface area (Å²) >= 11 is 0. The zero-order valence-corrected chi connectivity index (χ0v) is 10.7. The van der Waals surface area contributed by atoms with Crippen LogP contribution >= 0.6 is 0 Å². The quantitative estimate of drug-likeness (QED) is 0.683. The number of hydrogen-bond donors (Lipinski definition) is 0. The first-order chi connectivity index (χ1) is 8.31. The van der Waals surface area contributed by atoms with Gasteiger partial charge in [-0.15, -0.1) is 0 Å². The molecule has 0 unspecified atom stereocenters. The summed E-state index contributed by atoms with van der Waals surface area (Å²) in [4.78, 5) is 6.50. The molecule has 1 aromatic heterocycles. The van der Waals surface area contributed by atoms with Crippen LogP contribution in [-0.4, -0.2) is 52.6 Å². The Morgan fingerprint density at radius 3 is 2.24 bits per heavy atom. The third-order valence-corrected chi connectivity index (χ3v) is 2.37. The third kappa shape index (κ3) is 4.58. The number of hydrogen-bond acceptors (Lipinski definition) is 5. The molecule has 17 heavy (non-hydrogen) atoms. The third-order valence-electron chi connectivity index (χ3n) is 2.37. The average Bonchev–Trinajstić information content (AvgIpc) is 2.39. The number of pyridine rings is 1. The molecule has 0 aliphatic rings. The fourth-order valence-corrected chi connectivity index (χ4v) is 1.44. The summed E-state index contributed by atoms with van der Waals surface area (Å²) in [6.07, 6.45) is 0. The molecule has 5 heteroatoms. The SMILES string of the molecule is COCCN(CCOC)c1cccc(OC)n1. The Morgan fingerprint density at radius 2 is 1.71 bits per heavy atom. The van der Waals surface area contributed by atoms with E-state index in [1.807, 2.05) is 18.2 Å². The molecule has 0 bridgehead atoms. The molecule has 96 valence electrons. The number of methoxy groups -OCH3 is 3. The van der Waals surface area contributed by atoms with E-state index in [0.29, 0.717) is 19.1 Å². The Labute approximate surface area is 102 Å². The lowest BCUT2D eigenvalue weighted by Crippen LogP contribution is -2.31. The van der Waals surface area contributed by atoms with E-state index in [0.717, 1.165) is 18.9 Å². The van der Waals surface area contributed by atoms with Crippen molar-refractivity contribution < 1.29 is 14.2 Å². The molecule has 0 saturated heterocycles. The molecule has 1 rings (SSSR count). The van der Waals surface area contributed by atoms with Crippen LogP contribution in [0.1, 0.15) is 0 Å². The van der Waals surface area contributed by atoms with Gasteiger partial charge in [0.15, 0.2) is 0 Å². The molecular formula is C12H20N2O3. The lowest BCUT2D eigenvalue weighted by atomic mass is 10.4. The van der Waals surface area contributed by atoms with E-state index in [9.17, 15) is 0 Å². The zero-order chi connectivity index (χ0) is 12.5. The molecule has 0 aliphatic carbocycles. The zero-order valence-electron chi connectivity index (χ0n) is 10.7. The molecule has 0 aliphatic heterocycles. The van der Waals surface area contributed by atoms with Crippen molar-refractivity contribution in [1.82, 2.24) is 4.98 Å². The summed E-state index contributed by atoms with van der Waals surface area (Å²) in [6, 6.07) is 5.70. The predicted octanol–water partition coefficient (Wildman–Crippen LogP) is 1.19. The number of nitrogens with zero attached hydrogens (tertiary/aromatic N) is 2. The van der Waals surface area contributed by atoms with Crippen LogP contribution in [0.4, 0.5) is 5.82 Å². The molecule has 0 spiro atoms. The van der Waals surface area contributed by atoms with E-state index in [1.165, 1.54) is 0 Å². The summed E-state index contributed by atoms with van der Waals surface area (Å²) in [5, 5.41) is 0. The summed E-state index contributed by atoms with van der Waals surface area (Å²) < 4.78 is 15.3. The normalized spacial score (nSPS) is 10.3. The van der Waals surface area contributed by atoms with Crippen molar-refractivity contribution in [3.63, 3.8) is 0 Å². The van der Waals surface area contributed by atoms with Crippen LogP contribution < -0.4 is 9.64 Å². The maximum Gasteiger partial charge on any atom is 0.214 e. The van der Waals surface area contributed by atoms with Gasteiger partial charge < -0.3 is 19.1 Å². The lowest BCUT2D eigenvalue weighted by molar-refractivity contribution is 0.190. The summed E-state index contributed by atoms with van der Waals surface area (Å²) in [5.74, 6) is 1.49. The first kappa shape index (κ1) is 13.7. The second kappa shape index (κ2) is 7.86. The molecule has 0 radical (unpaired) electrons. The van der Waals surface area contributed by atoms with Crippen molar-refractivity contribution in [2.75, 3.05) is 52.5 Å². The smallest absolute Gasteiger partial charge is 0.214 e. The summed E-state index contributed by atoms with van der Waals surface area (Å²) in [6.45, 7) is 2.87. The van der Waals surface area contributed by atoms with E-state index in [2.05, 4.69) is 9.88 Å². The van der Waals surface area contributed by atoms with Crippen LogP contribution in [0.25, 0.3) is 0 Å². The number of rotatable bonds is 8. The summed E-state index contributed by atoms with van der Waals surface area (Å²) in [5.41, 5.74) is 0. The lowest BCUT2D eigenvalue weighted by Gasteiger charge is -2.23. The van der Waals surface area contributed by atoms with Gasteiger partial charge in [0, 0.05) is 33.4 Å². The van der Waals surface area contributed by atoms with Gasteiger partial charge in [0.1, 0.15) is 5.82 Å². The topological polar surface area (TPSA) is 43.8 Å². The van der Waals surface area contributed by atoms with Gasteiger partial charge in [-0.3, -0.25) is 0 Å². The molecule has 0 amide bonds. The Balaban J connectivity index is 2.71. The van der Waals surface area contributed by atoms with E-state index in [1.54, 1.807) is 21.3 Å². The van der Waals surface area contributed by atoms with Gasteiger partial charge in [0.2, 0.25) is 5.88 Å². The minimum absolute atomic E-state index is 0.613. The molecule has 0 fully saturated rings. The van der Waals surface area contributed by atoms with Crippen molar-refractivity contribution >= 4 is 5.82 Å². The Bertz CT molecular complexity index is 312. The Kier molecular flexibility index (Phi) is 6.35. The highest BCUT2D eigenvalue weighted by atomic mass is 16.5. The molecular weight excluding hydrogens is 220 g/mol. The minimum Gasteiger partial charge on any atom is -0.481 e. The van der Waals surface area contributed by atoms with Crippen molar-refractivity contribution in [3.05, 3.63) is 18.2 Å². The highest BCUT2D eigenvalue weighted by molar-refractivity contribution is 5.40. The largest absolute Gasteiger partial charge is 0.481 e. The van der Waals surface area contributed by atoms with Crippen LogP contribution in [0.5, 0.6) is 5.88 Å². The fourth-order valence-electron chi connectivity index (χ4n) is 1.44. The van der Waals surface area contributed by atoms with Gasteiger partial charge in [-0.1, -0.05) is 6.07 Å². The fraction of sp³-hybridized carbons (Fsp3) is 0.583. The van der Waals surface area contributed by atoms with E-state index in [4.69, 9.17) is 14.2 Å². The van der Waals surface area contributed by atoms with Crippen molar-refractivity contribution in [3.8, 4) is 5.88 Å². The van der Waals surface area contributed by atoms with Gasteiger partial charge in [0.25, 0.3) is 0 Å². The maximum absolute atomic E-state index is 5.11. The van der Waals surface area contributed by atoms with Gasteiger partial charge in [-0.25, -0.2) is 0 Å². The monoisotopic (exact) mass is 240 g/mol. The Hall–Kier alpha value is -1.33. The molecule has 0 atom stereocenters. The van der Waals surface area contributed by atoms with Crippen molar-refractivity contribution in [2.24, 2.45) is 0 Å². The van der Waals surface area contributed by atoms with Crippen LogP contribution in [0.2, 0.25) is 0 Å². The molecule has 5 nitrogen and oxygen atoms in total. The highest BCUT2D eigenvalue weighted by Gasteiger charge is 2.08. The van der Waals surface area contributed by atoms with Gasteiger partial charge in [-0.05, 0) is 6.07 Å². The number of ether oxygens (including phenoxy) is 3. The molecule has 1 aromatic rings. The summed E-state index contributed by atoms with van der Waals surface area (Å²) in [7, 11) is 4.99. The van der Waals surface area contributed by atoms with Crippen LogP contribution in [0, 0.1) is 0 Å². The highest BCUT2D eigenvalue weighted by Crippen LogP contribution is 2.15. The molecule has 1 heterocycles. The van der Waals surface area contributed by atoms with Crippen molar-refractivity contribution in [1.29, 1.82) is 0 Å². The first-order valence-corrected chi connectivity index (χ1v) is 5.55. The number of aromatic nitrogens is 1. The molecule has 0 saturated carbocycles.